The standard InChI is InChI=1S/C9H10BrClS/c1-12-9-3-2-8(10)6-7(9)4-5-11/h2-3,6H,4-5H2,1H3. The van der Waals surface area contributed by atoms with Gasteiger partial charge in [0.05, 0.1) is 0 Å². The molecule has 0 saturated carbocycles. The molecule has 3 heteroatoms. The second-order valence-electron chi connectivity index (χ2n) is 2.40. The van der Waals surface area contributed by atoms with E-state index >= 15 is 0 Å². The van der Waals surface area contributed by atoms with Gasteiger partial charge in [0.15, 0.2) is 0 Å². The normalized spacial score (nSPS) is 10.2. The number of aryl methyl sites for hydroxylation is 1. The predicted octanol–water partition coefficient (Wildman–Crippen LogP) is 3.95. The van der Waals surface area contributed by atoms with E-state index in [1.807, 2.05) is 0 Å². The highest BCUT2D eigenvalue weighted by atomic mass is 79.9. The molecule has 0 radical (unpaired) electrons. The van der Waals surface area contributed by atoms with Crippen LogP contribution in [0.1, 0.15) is 5.56 Å². The van der Waals surface area contributed by atoms with Gasteiger partial charge in [0, 0.05) is 15.2 Å². The summed E-state index contributed by atoms with van der Waals surface area (Å²) in [5.74, 6) is 0.685. The minimum atomic E-state index is 0.685. The van der Waals surface area contributed by atoms with Crippen LogP contribution < -0.4 is 0 Å². The van der Waals surface area contributed by atoms with E-state index in [4.69, 9.17) is 11.6 Å². The van der Waals surface area contributed by atoms with Crippen molar-refractivity contribution in [3.63, 3.8) is 0 Å². The van der Waals surface area contributed by atoms with Crippen molar-refractivity contribution in [2.45, 2.75) is 11.3 Å². The van der Waals surface area contributed by atoms with E-state index in [2.05, 4.69) is 40.4 Å². The molecule has 0 aliphatic rings. The Morgan fingerprint density at radius 3 is 2.83 bits per heavy atom. The Bertz CT molecular complexity index is 263. The highest BCUT2D eigenvalue weighted by molar-refractivity contribution is 9.10. The number of hydrogen-bond donors (Lipinski definition) is 0. The molecule has 0 aliphatic heterocycles. The number of rotatable bonds is 3. The van der Waals surface area contributed by atoms with Crippen LogP contribution in [0.5, 0.6) is 0 Å². The van der Waals surface area contributed by atoms with Gasteiger partial charge in [-0.2, -0.15) is 0 Å². The van der Waals surface area contributed by atoms with Crippen LogP contribution in [-0.4, -0.2) is 12.1 Å². The third kappa shape index (κ3) is 2.68. The average molecular weight is 266 g/mol. The highest BCUT2D eigenvalue weighted by Gasteiger charge is 2.00. The lowest BCUT2D eigenvalue weighted by Crippen LogP contribution is -1.89. The van der Waals surface area contributed by atoms with Crippen molar-refractivity contribution in [2.24, 2.45) is 0 Å². The van der Waals surface area contributed by atoms with Crippen molar-refractivity contribution < 1.29 is 0 Å². The summed E-state index contributed by atoms with van der Waals surface area (Å²) < 4.78 is 1.13. The molecule has 0 nitrogen and oxygen atoms in total. The van der Waals surface area contributed by atoms with Gasteiger partial charge in [-0.3, -0.25) is 0 Å². The maximum Gasteiger partial charge on any atom is 0.0264 e. The summed E-state index contributed by atoms with van der Waals surface area (Å²) in [4.78, 5) is 1.32. The van der Waals surface area contributed by atoms with Gasteiger partial charge in [0.1, 0.15) is 0 Å². The first kappa shape index (κ1) is 10.4. The van der Waals surface area contributed by atoms with Crippen LogP contribution in [0.15, 0.2) is 27.6 Å². The van der Waals surface area contributed by atoms with Gasteiger partial charge < -0.3 is 0 Å². The van der Waals surface area contributed by atoms with E-state index in [9.17, 15) is 0 Å². The Labute approximate surface area is 90.8 Å². The number of hydrogen-bond acceptors (Lipinski definition) is 1. The van der Waals surface area contributed by atoms with E-state index in [1.165, 1.54) is 10.5 Å². The van der Waals surface area contributed by atoms with Crippen LogP contribution in [0.4, 0.5) is 0 Å². The van der Waals surface area contributed by atoms with Gasteiger partial charge in [-0.05, 0) is 36.4 Å². The maximum absolute atomic E-state index is 5.69. The van der Waals surface area contributed by atoms with E-state index < -0.39 is 0 Å². The average Bonchev–Trinajstić information content (AvgIpc) is 2.05. The fourth-order valence-electron chi connectivity index (χ4n) is 1.04. The Balaban J connectivity index is 2.95. The van der Waals surface area contributed by atoms with Crippen molar-refractivity contribution in [1.29, 1.82) is 0 Å². The Morgan fingerprint density at radius 2 is 2.25 bits per heavy atom. The van der Waals surface area contributed by atoms with Crippen molar-refractivity contribution >= 4 is 39.3 Å². The minimum absolute atomic E-state index is 0.685. The minimum Gasteiger partial charge on any atom is -0.129 e. The summed E-state index contributed by atoms with van der Waals surface area (Å²) in [6, 6.07) is 6.31. The van der Waals surface area contributed by atoms with Crippen LogP contribution in [0.25, 0.3) is 0 Å². The molecular formula is C9H10BrClS. The van der Waals surface area contributed by atoms with Crippen LogP contribution >= 0.6 is 39.3 Å². The summed E-state index contributed by atoms with van der Waals surface area (Å²) in [5.41, 5.74) is 1.33. The summed E-state index contributed by atoms with van der Waals surface area (Å²) in [5, 5.41) is 0. The first-order chi connectivity index (χ1) is 5.77. The van der Waals surface area contributed by atoms with Crippen LogP contribution in [0.2, 0.25) is 0 Å². The zero-order valence-electron chi connectivity index (χ0n) is 6.81. The van der Waals surface area contributed by atoms with Crippen molar-refractivity contribution in [2.75, 3.05) is 12.1 Å². The highest BCUT2D eigenvalue weighted by Crippen LogP contribution is 2.24. The first-order valence-electron chi connectivity index (χ1n) is 3.66. The molecule has 0 atom stereocenters. The van der Waals surface area contributed by atoms with Crippen molar-refractivity contribution in [3.05, 3.63) is 28.2 Å². The fraction of sp³-hybridized carbons (Fsp3) is 0.333. The quantitative estimate of drug-likeness (QED) is 0.589. The molecule has 0 aromatic heterocycles. The number of halogens is 2. The Morgan fingerprint density at radius 1 is 1.50 bits per heavy atom. The summed E-state index contributed by atoms with van der Waals surface area (Å²) in [6.45, 7) is 0. The maximum atomic E-state index is 5.69. The molecular weight excluding hydrogens is 256 g/mol. The van der Waals surface area contributed by atoms with Crippen LogP contribution in [0, 0.1) is 0 Å². The zero-order valence-corrected chi connectivity index (χ0v) is 9.97. The van der Waals surface area contributed by atoms with E-state index in [0.717, 1.165) is 10.9 Å². The molecule has 66 valence electrons. The lowest BCUT2D eigenvalue weighted by atomic mass is 10.2. The molecule has 0 spiro atoms. The molecule has 0 unspecified atom stereocenters. The number of thioether (sulfide) groups is 1. The molecule has 0 heterocycles. The third-order valence-electron chi connectivity index (χ3n) is 1.61. The van der Waals surface area contributed by atoms with Gasteiger partial charge in [-0.25, -0.2) is 0 Å². The molecule has 1 aromatic rings. The van der Waals surface area contributed by atoms with Gasteiger partial charge in [-0.1, -0.05) is 15.9 Å². The summed E-state index contributed by atoms with van der Waals surface area (Å²) >= 11 is 10.9. The van der Waals surface area contributed by atoms with Crippen LogP contribution in [-0.2, 0) is 6.42 Å². The smallest absolute Gasteiger partial charge is 0.0264 e. The zero-order chi connectivity index (χ0) is 8.97. The number of benzene rings is 1. The summed E-state index contributed by atoms with van der Waals surface area (Å²) in [7, 11) is 0. The number of alkyl halides is 1. The molecule has 0 saturated heterocycles. The molecule has 0 bridgehead atoms. The summed E-state index contributed by atoms with van der Waals surface area (Å²) in [6.07, 6.45) is 3.03. The van der Waals surface area contributed by atoms with Crippen molar-refractivity contribution in [1.82, 2.24) is 0 Å². The monoisotopic (exact) mass is 264 g/mol. The second kappa shape index (κ2) is 5.15. The largest absolute Gasteiger partial charge is 0.129 e. The molecule has 1 aromatic carbocycles. The third-order valence-corrected chi connectivity index (χ3v) is 3.13. The molecule has 0 fully saturated rings. The SMILES string of the molecule is CSc1ccc(Br)cc1CCCl. The molecule has 0 N–H and O–H groups in total. The molecule has 12 heavy (non-hydrogen) atoms. The van der Waals surface area contributed by atoms with Crippen LogP contribution in [0.3, 0.4) is 0 Å². The van der Waals surface area contributed by atoms with Gasteiger partial charge >= 0.3 is 0 Å². The van der Waals surface area contributed by atoms with Gasteiger partial charge in [-0.15, -0.1) is 23.4 Å². The lowest BCUT2D eigenvalue weighted by Gasteiger charge is -2.05. The molecule has 0 amide bonds. The van der Waals surface area contributed by atoms with Crippen molar-refractivity contribution in [3.8, 4) is 0 Å². The fourth-order valence-corrected chi connectivity index (χ4v) is 2.28. The molecule has 1 rings (SSSR count). The van der Waals surface area contributed by atoms with E-state index in [-0.39, 0.29) is 0 Å². The van der Waals surface area contributed by atoms with Gasteiger partial charge in [0.2, 0.25) is 0 Å². The Kier molecular flexibility index (Phi) is 4.47. The lowest BCUT2D eigenvalue weighted by molar-refractivity contribution is 1.09. The topological polar surface area (TPSA) is 0 Å². The molecule has 0 aliphatic carbocycles. The van der Waals surface area contributed by atoms with E-state index in [1.54, 1.807) is 11.8 Å². The van der Waals surface area contributed by atoms with Gasteiger partial charge in [0.25, 0.3) is 0 Å². The second-order valence-corrected chi connectivity index (χ2v) is 4.54. The predicted molar refractivity (Wildman–Crippen MR) is 60.3 cm³/mol. The van der Waals surface area contributed by atoms with E-state index in [0.29, 0.717) is 5.88 Å². The first-order valence-corrected chi connectivity index (χ1v) is 6.21. The Hall–Kier alpha value is 0.340.